The number of aromatic nitrogens is 5. The number of nitrogens with one attached hydrogen (secondary N) is 2. The second-order valence-electron chi connectivity index (χ2n) is 8.67. The van der Waals surface area contributed by atoms with E-state index in [4.69, 9.17) is 0 Å². The van der Waals surface area contributed by atoms with E-state index in [-0.39, 0.29) is 17.2 Å². The molecule has 0 unspecified atom stereocenters. The van der Waals surface area contributed by atoms with Crippen LogP contribution in [0.25, 0.3) is 22.6 Å². The molecule has 9 nitrogen and oxygen atoms in total. The molecule has 0 aliphatic carbocycles. The molecule has 2 amide bonds. The number of rotatable bonds is 5. The molecule has 0 fully saturated rings. The number of pyridine rings is 1. The van der Waals surface area contributed by atoms with Gasteiger partial charge in [-0.15, -0.1) is 0 Å². The highest BCUT2D eigenvalue weighted by molar-refractivity contribution is 6.00. The maximum absolute atomic E-state index is 13.5. The maximum Gasteiger partial charge on any atom is 0.435 e. The summed E-state index contributed by atoms with van der Waals surface area (Å²) >= 11 is 0. The summed E-state index contributed by atoms with van der Waals surface area (Å²) < 4.78 is 44.3. The van der Waals surface area contributed by atoms with Crippen LogP contribution in [0.5, 0.6) is 0 Å². The average Bonchev–Trinajstić information content (AvgIpc) is 3.48. The lowest BCUT2D eigenvalue weighted by Crippen LogP contribution is -2.23. The molecular weight excluding hydrogens is 511 g/mol. The predicted octanol–water partition coefficient (Wildman–Crippen LogP) is 5.39. The van der Waals surface area contributed by atoms with Crippen molar-refractivity contribution in [2.45, 2.75) is 13.1 Å². The zero-order valence-electron chi connectivity index (χ0n) is 20.8. The summed E-state index contributed by atoms with van der Waals surface area (Å²) in [6.45, 7) is 1.73. The van der Waals surface area contributed by atoms with Crippen molar-refractivity contribution in [3.63, 3.8) is 0 Å². The molecular formula is C27H22F3N7O2. The molecule has 39 heavy (non-hydrogen) atoms. The molecule has 3 heterocycles. The van der Waals surface area contributed by atoms with Gasteiger partial charge in [0.1, 0.15) is 11.6 Å². The van der Waals surface area contributed by atoms with Gasteiger partial charge in [0, 0.05) is 36.5 Å². The summed E-state index contributed by atoms with van der Waals surface area (Å²) in [6, 6.07) is 20.2. The largest absolute Gasteiger partial charge is 0.435 e. The number of para-hydroxylation sites is 2. The molecule has 0 atom stereocenters. The standard InChI is InChI=1S/C27H22F3N7O2/c1-17-24(18-13-14-35(2)23(38)15-18)34-37(20-11-7-4-8-12-20)25(17)32-26(39)31-22-16-21(27(28,29)30)33-36(22)19-9-5-3-6-10-19/h3-16H,1-2H3,(H2,31,32,39). The van der Waals surface area contributed by atoms with Crippen molar-refractivity contribution in [2.24, 2.45) is 7.05 Å². The van der Waals surface area contributed by atoms with Crippen LogP contribution in [0, 0.1) is 6.92 Å². The molecule has 12 heteroatoms. The van der Waals surface area contributed by atoms with Crippen molar-refractivity contribution in [3.05, 3.63) is 107 Å². The van der Waals surface area contributed by atoms with Gasteiger partial charge in [0.25, 0.3) is 5.56 Å². The van der Waals surface area contributed by atoms with Crippen LogP contribution in [-0.4, -0.2) is 30.2 Å². The Bertz CT molecular complexity index is 1710. The van der Waals surface area contributed by atoms with Crippen LogP contribution in [0.2, 0.25) is 0 Å². The average molecular weight is 534 g/mol. The Balaban J connectivity index is 1.53. The Morgan fingerprint density at radius 2 is 1.46 bits per heavy atom. The Morgan fingerprint density at radius 1 is 0.846 bits per heavy atom. The van der Waals surface area contributed by atoms with Crippen LogP contribution in [0.15, 0.2) is 89.9 Å². The van der Waals surface area contributed by atoms with Crippen LogP contribution < -0.4 is 16.2 Å². The van der Waals surface area contributed by atoms with Crippen molar-refractivity contribution >= 4 is 17.7 Å². The highest BCUT2D eigenvalue weighted by Gasteiger charge is 2.35. The van der Waals surface area contributed by atoms with Gasteiger partial charge in [-0.2, -0.15) is 23.4 Å². The van der Waals surface area contributed by atoms with Crippen LogP contribution in [0.1, 0.15) is 11.3 Å². The molecule has 5 aromatic rings. The first-order valence-electron chi connectivity index (χ1n) is 11.7. The van der Waals surface area contributed by atoms with Crippen LogP contribution in [-0.2, 0) is 13.2 Å². The second-order valence-corrected chi connectivity index (χ2v) is 8.67. The van der Waals surface area contributed by atoms with E-state index in [1.165, 1.54) is 15.3 Å². The number of benzene rings is 2. The highest BCUT2D eigenvalue weighted by Crippen LogP contribution is 2.32. The highest BCUT2D eigenvalue weighted by atomic mass is 19.4. The molecule has 0 saturated heterocycles. The van der Waals surface area contributed by atoms with E-state index < -0.39 is 17.9 Å². The lowest BCUT2D eigenvalue weighted by atomic mass is 10.1. The fraction of sp³-hybridized carbons (Fsp3) is 0.111. The lowest BCUT2D eigenvalue weighted by molar-refractivity contribution is -0.141. The molecule has 0 aliphatic rings. The summed E-state index contributed by atoms with van der Waals surface area (Å²) in [5.74, 6) is 0.0948. The number of hydrogen-bond donors (Lipinski definition) is 2. The van der Waals surface area contributed by atoms with Gasteiger partial charge in [-0.05, 0) is 37.3 Å². The lowest BCUT2D eigenvalue weighted by Gasteiger charge is -2.12. The number of halogens is 3. The summed E-state index contributed by atoms with van der Waals surface area (Å²) in [6.07, 6.45) is -3.10. The minimum Gasteiger partial charge on any atom is -0.319 e. The fourth-order valence-electron chi connectivity index (χ4n) is 4.00. The number of aryl methyl sites for hydroxylation is 1. The Morgan fingerprint density at radius 3 is 2.05 bits per heavy atom. The fourth-order valence-corrected chi connectivity index (χ4v) is 4.00. The third kappa shape index (κ3) is 5.17. The summed E-state index contributed by atoms with van der Waals surface area (Å²) in [4.78, 5) is 25.4. The number of nitrogens with zero attached hydrogens (tertiary/aromatic N) is 5. The second kappa shape index (κ2) is 9.97. The molecule has 2 aromatic carbocycles. The molecule has 2 N–H and O–H groups in total. The number of urea groups is 1. The first-order valence-corrected chi connectivity index (χ1v) is 11.7. The minimum atomic E-state index is -4.71. The van der Waals surface area contributed by atoms with Crippen LogP contribution in [0.4, 0.5) is 29.6 Å². The summed E-state index contributed by atoms with van der Waals surface area (Å²) in [5, 5.41) is 13.5. The first kappa shape index (κ1) is 25.5. The van der Waals surface area contributed by atoms with Gasteiger partial charge in [0.15, 0.2) is 5.69 Å². The van der Waals surface area contributed by atoms with Gasteiger partial charge >= 0.3 is 12.2 Å². The third-order valence-corrected chi connectivity index (χ3v) is 5.97. The molecule has 5 rings (SSSR count). The first-order chi connectivity index (χ1) is 18.6. The van der Waals surface area contributed by atoms with Crippen molar-refractivity contribution in [2.75, 3.05) is 10.6 Å². The smallest absolute Gasteiger partial charge is 0.319 e. The zero-order valence-corrected chi connectivity index (χ0v) is 20.8. The van der Waals surface area contributed by atoms with Crippen LogP contribution in [0.3, 0.4) is 0 Å². The Labute approximate surface area is 220 Å². The molecule has 0 spiro atoms. The van der Waals surface area contributed by atoms with Gasteiger partial charge in [0.05, 0.1) is 17.1 Å². The topological polar surface area (TPSA) is 98.8 Å². The number of hydrogen-bond acceptors (Lipinski definition) is 4. The summed E-state index contributed by atoms with van der Waals surface area (Å²) in [5.41, 5.74) is 1.13. The number of alkyl halides is 3. The van der Waals surface area contributed by atoms with Gasteiger partial charge < -0.3 is 4.57 Å². The van der Waals surface area contributed by atoms with E-state index in [0.717, 1.165) is 10.7 Å². The van der Waals surface area contributed by atoms with E-state index in [1.807, 2.05) is 6.07 Å². The molecule has 0 saturated carbocycles. The molecule has 0 aliphatic heterocycles. The minimum absolute atomic E-state index is 0.179. The monoisotopic (exact) mass is 533 g/mol. The van der Waals surface area contributed by atoms with Gasteiger partial charge in [0.2, 0.25) is 0 Å². The molecule has 3 aromatic heterocycles. The van der Waals surface area contributed by atoms with Gasteiger partial charge in [-0.1, -0.05) is 36.4 Å². The van der Waals surface area contributed by atoms with Crippen molar-refractivity contribution < 1.29 is 18.0 Å². The molecule has 0 bridgehead atoms. The molecule has 0 radical (unpaired) electrons. The summed E-state index contributed by atoms with van der Waals surface area (Å²) in [7, 11) is 1.63. The van der Waals surface area contributed by atoms with E-state index in [9.17, 15) is 22.8 Å². The zero-order chi connectivity index (χ0) is 27.7. The SMILES string of the molecule is Cc1c(-c2ccn(C)c(=O)c2)nn(-c2ccccc2)c1NC(=O)Nc1cc(C(F)(F)F)nn1-c1ccccc1. The van der Waals surface area contributed by atoms with Crippen molar-refractivity contribution in [1.29, 1.82) is 0 Å². The van der Waals surface area contributed by atoms with Gasteiger partial charge in [-0.3, -0.25) is 15.4 Å². The Kier molecular flexibility index (Phi) is 6.52. The number of amides is 2. The van der Waals surface area contributed by atoms with Crippen molar-refractivity contribution in [1.82, 2.24) is 24.1 Å². The van der Waals surface area contributed by atoms with E-state index in [1.54, 1.807) is 80.8 Å². The van der Waals surface area contributed by atoms with Crippen molar-refractivity contribution in [3.8, 4) is 22.6 Å². The molecule has 198 valence electrons. The predicted molar refractivity (Wildman–Crippen MR) is 140 cm³/mol. The number of carbonyl (C=O) groups excluding carboxylic acids is 1. The van der Waals surface area contributed by atoms with Gasteiger partial charge in [-0.25, -0.2) is 14.2 Å². The number of carbonyl (C=O) groups is 1. The quantitative estimate of drug-likeness (QED) is 0.316. The maximum atomic E-state index is 13.5. The number of anilines is 2. The Hall–Kier alpha value is -5.13. The third-order valence-electron chi connectivity index (χ3n) is 5.97. The normalized spacial score (nSPS) is 11.4. The van der Waals surface area contributed by atoms with E-state index in [2.05, 4.69) is 20.8 Å². The van der Waals surface area contributed by atoms with E-state index in [0.29, 0.717) is 28.2 Å². The van der Waals surface area contributed by atoms with Crippen LogP contribution >= 0.6 is 0 Å². The van der Waals surface area contributed by atoms with E-state index >= 15 is 0 Å².